The third-order valence-electron chi connectivity index (χ3n) is 7.07. The van der Waals surface area contributed by atoms with Gasteiger partial charge in [0, 0.05) is 20.2 Å². The lowest BCUT2D eigenvalue weighted by Gasteiger charge is -2.51. The van der Waals surface area contributed by atoms with Gasteiger partial charge in [-0.2, -0.15) is 0 Å². The van der Waals surface area contributed by atoms with E-state index >= 15 is 0 Å². The second-order valence-electron chi connectivity index (χ2n) is 8.27. The number of ether oxygens (including phenoxy) is 3. The van der Waals surface area contributed by atoms with Gasteiger partial charge in [-0.25, -0.2) is 4.79 Å². The van der Waals surface area contributed by atoms with Crippen molar-refractivity contribution in [1.82, 2.24) is 4.90 Å². The normalized spacial score (nSPS) is 30.7. The molecule has 2 fully saturated rings. The summed E-state index contributed by atoms with van der Waals surface area (Å²) in [7, 11) is 4.90. The number of carboxylic acids is 1. The molecule has 2 saturated heterocycles. The third kappa shape index (κ3) is 3.03. The molecule has 0 aliphatic carbocycles. The standard InChI is InChI=1S/C23H30N2O5/c1-5-14-12-25-10-9-23(30-4)20-17(7-6-8-19(20)29-3)24-21(23)18(25)11-15(14)16(13-28-2)22(26)27/h6-8,13-15,18H,5,9-12H2,1-4H3,(H,26,27)/b16-13+/t14-,15+,18+,23+/m1/s1. The monoisotopic (exact) mass is 414 g/mol. The average molecular weight is 415 g/mol. The van der Waals surface area contributed by atoms with E-state index in [2.05, 4.69) is 11.8 Å². The van der Waals surface area contributed by atoms with E-state index in [9.17, 15) is 9.90 Å². The molecule has 30 heavy (non-hydrogen) atoms. The summed E-state index contributed by atoms with van der Waals surface area (Å²) in [5.74, 6) is 0.0223. The predicted octanol–water partition coefficient (Wildman–Crippen LogP) is 3.36. The van der Waals surface area contributed by atoms with Gasteiger partial charge in [0.25, 0.3) is 0 Å². The van der Waals surface area contributed by atoms with E-state index in [4.69, 9.17) is 19.2 Å². The first-order valence-electron chi connectivity index (χ1n) is 10.5. The molecule has 1 aromatic carbocycles. The third-order valence-corrected chi connectivity index (χ3v) is 7.07. The van der Waals surface area contributed by atoms with Crippen molar-refractivity contribution in [2.24, 2.45) is 16.8 Å². The van der Waals surface area contributed by atoms with Crippen LogP contribution in [0.15, 0.2) is 35.0 Å². The summed E-state index contributed by atoms with van der Waals surface area (Å²) < 4.78 is 17.0. The Morgan fingerprint density at radius 1 is 1.37 bits per heavy atom. The van der Waals surface area contributed by atoms with Gasteiger partial charge in [0.2, 0.25) is 0 Å². The molecular formula is C23H30N2O5. The minimum absolute atomic E-state index is 0.0169. The van der Waals surface area contributed by atoms with Crippen LogP contribution < -0.4 is 4.74 Å². The number of aliphatic carboxylic acids is 1. The molecule has 0 aromatic heterocycles. The molecule has 3 heterocycles. The van der Waals surface area contributed by atoms with Gasteiger partial charge in [-0.15, -0.1) is 0 Å². The number of hydrogen-bond donors (Lipinski definition) is 1. The Labute approximate surface area is 177 Å². The molecule has 0 saturated carbocycles. The van der Waals surface area contributed by atoms with Gasteiger partial charge in [-0.3, -0.25) is 9.89 Å². The van der Waals surface area contributed by atoms with Crippen molar-refractivity contribution in [3.05, 3.63) is 35.6 Å². The fourth-order valence-corrected chi connectivity index (χ4v) is 5.63. The highest BCUT2D eigenvalue weighted by molar-refractivity contribution is 6.05. The Morgan fingerprint density at radius 3 is 2.80 bits per heavy atom. The van der Waals surface area contributed by atoms with Crippen LogP contribution in [0, 0.1) is 11.8 Å². The number of hydrogen-bond acceptors (Lipinski definition) is 6. The quantitative estimate of drug-likeness (QED) is 0.568. The van der Waals surface area contributed by atoms with Crippen LogP contribution in [-0.4, -0.2) is 62.1 Å². The number of benzene rings is 1. The first-order chi connectivity index (χ1) is 14.5. The van der Waals surface area contributed by atoms with Gasteiger partial charge in [0.1, 0.15) is 11.4 Å². The van der Waals surface area contributed by atoms with Crippen LogP contribution in [0.2, 0.25) is 0 Å². The zero-order valence-electron chi connectivity index (χ0n) is 18.1. The van der Waals surface area contributed by atoms with Crippen LogP contribution in [0.1, 0.15) is 31.7 Å². The molecule has 3 aliphatic heterocycles. The van der Waals surface area contributed by atoms with Gasteiger partial charge in [-0.05, 0) is 36.8 Å². The summed E-state index contributed by atoms with van der Waals surface area (Å²) >= 11 is 0. The Bertz CT molecular complexity index is 896. The van der Waals surface area contributed by atoms with E-state index in [0.717, 1.165) is 48.6 Å². The van der Waals surface area contributed by atoms with Crippen LogP contribution in [0.25, 0.3) is 0 Å². The first-order valence-corrected chi connectivity index (χ1v) is 10.5. The Morgan fingerprint density at radius 2 is 2.17 bits per heavy atom. The average Bonchev–Trinajstić information content (AvgIpc) is 3.11. The molecule has 3 aliphatic rings. The summed E-state index contributed by atoms with van der Waals surface area (Å²) in [5.41, 5.74) is 2.56. The maximum atomic E-state index is 12.0. The van der Waals surface area contributed by atoms with Crippen molar-refractivity contribution in [2.45, 2.75) is 37.8 Å². The van der Waals surface area contributed by atoms with Crippen molar-refractivity contribution in [3.63, 3.8) is 0 Å². The van der Waals surface area contributed by atoms with E-state index in [1.54, 1.807) is 14.2 Å². The summed E-state index contributed by atoms with van der Waals surface area (Å²) in [6.07, 6.45) is 3.79. The number of carboxylic acid groups (broad SMARTS) is 1. The van der Waals surface area contributed by atoms with E-state index in [0.29, 0.717) is 12.0 Å². The van der Waals surface area contributed by atoms with Crippen molar-refractivity contribution < 1.29 is 24.1 Å². The molecule has 1 aromatic rings. The highest BCUT2D eigenvalue weighted by Gasteiger charge is 2.55. The highest BCUT2D eigenvalue weighted by Crippen LogP contribution is 2.53. The molecule has 7 nitrogen and oxygen atoms in total. The summed E-state index contributed by atoms with van der Waals surface area (Å²) in [4.78, 5) is 19.5. The molecule has 0 bridgehead atoms. The number of carbonyl (C=O) groups is 1. The number of nitrogens with zero attached hydrogens (tertiary/aromatic N) is 2. The van der Waals surface area contributed by atoms with Crippen molar-refractivity contribution >= 4 is 17.4 Å². The lowest BCUT2D eigenvalue weighted by molar-refractivity contribution is -0.134. The number of rotatable bonds is 6. The van der Waals surface area contributed by atoms with Crippen LogP contribution in [0.5, 0.6) is 5.75 Å². The van der Waals surface area contributed by atoms with Gasteiger partial charge in [0.05, 0.1) is 49.1 Å². The van der Waals surface area contributed by atoms with Gasteiger partial charge in [-0.1, -0.05) is 19.4 Å². The number of piperidine rings is 2. The molecule has 4 rings (SSSR count). The summed E-state index contributed by atoms with van der Waals surface area (Å²) in [6.45, 7) is 3.84. The van der Waals surface area contributed by atoms with Gasteiger partial charge in [0.15, 0.2) is 0 Å². The number of fused-ring (bicyclic) bond motifs is 5. The number of aliphatic imine (C=N–C) groups is 1. The largest absolute Gasteiger partial charge is 0.504 e. The molecule has 162 valence electrons. The van der Waals surface area contributed by atoms with Crippen LogP contribution in [0.4, 0.5) is 5.69 Å². The van der Waals surface area contributed by atoms with E-state index in [1.165, 1.54) is 13.4 Å². The minimum Gasteiger partial charge on any atom is -0.504 e. The second-order valence-corrected chi connectivity index (χ2v) is 8.27. The fourth-order valence-electron chi connectivity index (χ4n) is 5.63. The smallest absolute Gasteiger partial charge is 0.334 e. The fraction of sp³-hybridized carbons (Fsp3) is 0.565. The molecule has 1 N–H and O–H groups in total. The molecule has 0 amide bonds. The first kappa shape index (κ1) is 20.9. The van der Waals surface area contributed by atoms with Gasteiger partial charge < -0.3 is 19.3 Å². The topological polar surface area (TPSA) is 80.6 Å². The molecular weight excluding hydrogens is 384 g/mol. The SMILES string of the molecule is CC[C@@H]1CN2CC[C@@]3(OC)C(=Nc4cccc(OC)c43)[C@@H]2C[C@@H]1/C(=C\OC)C(=O)O. The van der Waals surface area contributed by atoms with Crippen LogP contribution in [-0.2, 0) is 19.9 Å². The number of methoxy groups -OCH3 is 3. The molecule has 4 atom stereocenters. The van der Waals surface area contributed by atoms with Crippen molar-refractivity contribution in [1.29, 1.82) is 0 Å². The Balaban J connectivity index is 1.76. The van der Waals surface area contributed by atoms with E-state index in [1.807, 2.05) is 18.2 Å². The molecule has 0 radical (unpaired) electrons. The van der Waals surface area contributed by atoms with Gasteiger partial charge >= 0.3 is 5.97 Å². The zero-order valence-corrected chi connectivity index (χ0v) is 18.1. The molecule has 0 unspecified atom stereocenters. The van der Waals surface area contributed by atoms with Crippen LogP contribution in [0.3, 0.4) is 0 Å². The second kappa shape index (κ2) is 8.04. The summed E-state index contributed by atoms with van der Waals surface area (Å²) in [5, 5.41) is 9.83. The molecule has 7 heteroatoms. The lowest BCUT2D eigenvalue weighted by Crippen LogP contribution is -2.61. The van der Waals surface area contributed by atoms with E-state index in [-0.39, 0.29) is 17.9 Å². The summed E-state index contributed by atoms with van der Waals surface area (Å²) in [6, 6.07) is 5.91. The molecule has 0 spiro atoms. The lowest BCUT2D eigenvalue weighted by atomic mass is 9.70. The van der Waals surface area contributed by atoms with Crippen molar-refractivity contribution in [3.8, 4) is 5.75 Å². The minimum atomic E-state index is -0.916. The van der Waals surface area contributed by atoms with Crippen LogP contribution >= 0.6 is 0 Å². The predicted molar refractivity (Wildman–Crippen MR) is 113 cm³/mol. The van der Waals surface area contributed by atoms with E-state index < -0.39 is 11.6 Å². The Hall–Kier alpha value is -2.38. The maximum absolute atomic E-state index is 12.0. The highest BCUT2D eigenvalue weighted by atomic mass is 16.5. The maximum Gasteiger partial charge on any atom is 0.334 e. The Kier molecular flexibility index (Phi) is 5.59. The van der Waals surface area contributed by atoms with Crippen molar-refractivity contribution in [2.75, 3.05) is 34.4 Å². The zero-order chi connectivity index (χ0) is 21.5.